The second-order valence-electron chi connectivity index (χ2n) is 5.96. The molecule has 144 valence electrons. The Bertz CT molecular complexity index is 764. The lowest BCUT2D eigenvalue weighted by molar-refractivity contribution is -0.142. The minimum atomic E-state index is -0.637. The first-order valence-electron chi connectivity index (χ1n) is 8.60. The number of benzene rings is 2. The minimum absolute atomic E-state index is 0.182. The van der Waals surface area contributed by atoms with E-state index in [1.54, 1.807) is 43.3 Å². The van der Waals surface area contributed by atoms with Crippen LogP contribution in [0, 0.1) is 0 Å². The predicted molar refractivity (Wildman–Crippen MR) is 107 cm³/mol. The summed E-state index contributed by atoms with van der Waals surface area (Å²) >= 11 is 11.8. The Hall–Kier alpha value is -2.24. The number of halogens is 2. The maximum atomic E-state index is 12.8. The lowest BCUT2D eigenvalue weighted by Gasteiger charge is -2.28. The molecule has 0 saturated heterocycles. The van der Waals surface area contributed by atoms with E-state index in [1.165, 1.54) is 4.90 Å². The van der Waals surface area contributed by atoms with Crippen LogP contribution < -0.4 is 10.1 Å². The zero-order valence-electron chi connectivity index (χ0n) is 15.2. The molecule has 0 aromatic heterocycles. The SMILES string of the molecule is CCNC(=O)C(C)N(Cc1ccc(Cl)cc1)C(=O)COc1ccc(Cl)cc1. The van der Waals surface area contributed by atoms with Gasteiger partial charge in [-0.3, -0.25) is 9.59 Å². The van der Waals surface area contributed by atoms with Crippen molar-refractivity contribution < 1.29 is 14.3 Å². The third-order valence-electron chi connectivity index (χ3n) is 3.96. The molecule has 2 aromatic carbocycles. The van der Waals surface area contributed by atoms with Crippen molar-refractivity contribution in [3.8, 4) is 5.75 Å². The fourth-order valence-corrected chi connectivity index (χ4v) is 2.70. The highest BCUT2D eigenvalue weighted by atomic mass is 35.5. The molecule has 1 unspecified atom stereocenters. The first-order valence-corrected chi connectivity index (χ1v) is 9.36. The highest BCUT2D eigenvalue weighted by Crippen LogP contribution is 2.17. The second-order valence-corrected chi connectivity index (χ2v) is 6.83. The van der Waals surface area contributed by atoms with Crippen molar-refractivity contribution in [3.63, 3.8) is 0 Å². The summed E-state index contributed by atoms with van der Waals surface area (Å²) in [6.07, 6.45) is 0. The monoisotopic (exact) mass is 408 g/mol. The van der Waals surface area contributed by atoms with E-state index in [0.717, 1.165) is 5.56 Å². The van der Waals surface area contributed by atoms with Crippen LogP contribution in [0.2, 0.25) is 10.0 Å². The van der Waals surface area contributed by atoms with Crippen LogP contribution in [0.4, 0.5) is 0 Å². The summed E-state index contributed by atoms with van der Waals surface area (Å²) in [6.45, 7) is 4.12. The average Bonchev–Trinajstić information content (AvgIpc) is 2.66. The normalized spacial score (nSPS) is 11.6. The first kappa shape index (κ1) is 21.1. The number of amides is 2. The van der Waals surface area contributed by atoms with E-state index in [-0.39, 0.29) is 25.0 Å². The van der Waals surface area contributed by atoms with E-state index in [0.29, 0.717) is 22.3 Å². The highest BCUT2D eigenvalue weighted by molar-refractivity contribution is 6.30. The minimum Gasteiger partial charge on any atom is -0.484 e. The summed E-state index contributed by atoms with van der Waals surface area (Å²) in [5, 5.41) is 3.94. The number of hydrogen-bond acceptors (Lipinski definition) is 3. The van der Waals surface area contributed by atoms with Crippen LogP contribution in [0.25, 0.3) is 0 Å². The van der Waals surface area contributed by atoms with Crippen LogP contribution in [-0.2, 0) is 16.1 Å². The number of hydrogen-bond donors (Lipinski definition) is 1. The smallest absolute Gasteiger partial charge is 0.261 e. The van der Waals surface area contributed by atoms with Gasteiger partial charge in [-0.05, 0) is 55.8 Å². The van der Waals surface area contributed by atoms with Crippen molar-refractivity contribution in [2.24, 2.45) is 0 Å². The quantitative estimate of drug-likeness (QED) is 0.719. The van der Waals surface area contributed by atoms with Crippen LogP contribution >= 0.6 is 23.2 Å². The third kappa shape index (κ3) is 6.45. The molecule has 2 aromatic rings. The van der Waals surface area contributed by atoms with Gasteiger partial charge in [0, 0.05) is 23.1 Å². The molecule has 1 N–H and O–H groups in total. The van der Waals surface area contributed by atoms with Gasteiger partial charge in [0.15, 0.2) is 6.61 Å². The van der Waals surface area contributed by atoms with Gasteiger partial charge in [0.25, 0.3) is 5.91 Å². The van der Waals surface area contributed by atoms with Gasteiger partial charge in [0.05, 0.1) is 0 Å². The van der Waals surface area contributed by atoms with E-state index >= 15 is 0 Å². The summed E-state index contributed by atoms with van der Waals surface area (Å²) in [5.41, 5.74) is 0.871. The molecular weight excluding hydrogens is 387 g/mol. The molecule has 2 rings (SSSR count). The lowest BCUT2D eigenvalue weighted by atomic mass is 10.1. The largest absolute Gasteiger partial charge is 0.484 e. The average molecular weight is 409 g/mol. The maximum Gasteiger partial charge on any atom is 0.261 e. The molecule has 0 heterocycles. The van der Waals surface area contributed by atoms with Gasteiger partial charge in [-0.1, -0.05) is 35.3 Å². The molecule has 0 bridgehead atoms. The van der Waals surface area contributed by atoms with Crippen LogP contribution in [0.15, 0.2) is 48.5 Å². The third-order valence-corrected chi connectivity index (χ3v) is 4.46. The zero-order chi connectivity index (χ0) is 19.8. The Labute approximate surface area is 169 Å². The first-order chi connectivity index (χ1) is 12.9. The van der Waals surface area contributed by atoms with Crippen LogP contribution in [0.3, 0.4) is 0 Å². The molecular formula is C20H22Cl2N2O3. The van der Waals surface area contributed by atoms with Crippen molar-refractivity contribution >= 4 is 35.0 Å². The van der Waals surface area contributed by atoms with E-state index in [9.17, 15) is 9.59 Å². The molecule has 0 saturated carbocycles. The standard InChI is InChI=1S/C20H22Cl2N2O3/c1-3-23-20(26)14(2)24(12-15-4-6-16(21)7-5-15)19(25)13-27-18-10-8-17(22)9-11-18/h4-11,14H,3,12-13H2,1-2H3,(H,23,26). The van der Waals surface area contributed by atoms with E-state index < -0.39 is 6.04 Å². The van der Waals surface area contributed by atoms with Gasteiger partial charge in [-0.25, -0.2) is 0 Å². The molecule has 0 aliphatic rings. The number of nitrogens with zero attached hydrogens (tertiary/aromatic N) is 1. The van der Waals surface area contributed by atoms with Crippen LogP contribution in [0.5, 0.6) is 5.75 Å². The fourth-order valence-electron chi connectivity index (χ4n) is 2.45. The number of carbonyl (C=O) groups excluding carboxylic acids is 2. The highest BCUT2D eigenvalue weighted by Gasteiger charge is 2.26. The summed E-state index contributed by atoms with van der Waals surface area (Å²) in [4.78, 5) is 26.5. The molecule has 0 fully saturated rings. The molecule has 27 heavy (non-hydrogen) atoms. The molecule has 7 heteroatoms. The van der Waals surface area contributed by atoms with Crippen molar-refractivity contribution in [2.75, 3.05) is 13.2 Å². The van der Waals surface area contributed by atoms with Gasteiger partial charge in [-0.2, -0.15) is 0 Å². The van der Waals surface area contributed by atoms with Gasteiger partial charge in [0.1, 0.15) is 11.8 Å². The Balaban J connectivity index is 2.11. The van der Waals surface area contributed by atoms with E-state index in [4.69, 9.17) is 27.9 Å². The summed E-state index contributed by atoms with van der Waals surface area (Å²) < 4.78 is 5.55. The Morgan fingerprint density at radius 2 is 1.59 bits per heavy atom. The molecule has 1 atom stereocenters. The number of nitrogens with one attached hydrogen (secondary N) is 1. The lowest BCUT2D eigenvalue weighted by Crippen LogP contribution is -2.49. The van der Waals surface area contributed by atoms with E-state index in [1.807, 2.05) is 19.1 Å². The Kier molecular flexibility index (Phi) is 7.95. The topological polar surface area (TPSA) is 58.6 Å². The van der Waals surface area contributed by atoms with Crippen LogP contribution in [-0.4, -0.2) is 35.9 Å². The number of carbonyl (C=O) groups is 2. The van der Waals surface area contributed by atoms with Gasteiger partial charge >= 0.3 is 0 Å². The van der Waals surface area contributed by atoms with Crippen molar-refractivity contribution in [1.82, 2.24) is 10.2 Å². The van der Waals surface area contributed by atoms with Crippen molar-refractivity contribution in [3.05, 3.63) is 64.1 Å². The van der Waals surface area contributed by atoms with Gasteiger partial charge in [0.2, 0.25) is 5.91 Å². The van der Waals surface area contributed by atoms with Gasteiger partial charge < -0.3 is 15.0 Å². The molecule has 0 spiro atoms. The molecule has 5 nitrogen and oxygen atoms in total. The maximum absolute atomic E-state index is 12.8. The Morgan fingerprint density at radius 3 is 2.15 bits per heavy atom. The predicted octanol–water partition coefficient (Wildman–Crippen LogP) is 3.93. The van der Waals surface area contributed by atoms with Crippen LogP contribution in [0.1, 0.15) is 19.4 Å². The summed E-state index contributed by atoms with van der Waals surface area (Å²) in [7, 11) is 0. The second kappa shape index (κ2) is 10.2. The fraction of sp³-hybridized carbons (Fsp3) is 0.300. The Morgan fingerprint density at radius 1 is 1.04 bits per heavy atom. The zero-order valence-corrected chi connectivity index (χ0v) is 16.8. The number of ether oxygens (including phenoxy) is 1. The summed E-state index contributed by atoms with van der Waals surface area (Å²) in [5.74, 6) is 0.0230. The molecule has 0 aliphatic heterocycles. The van der Waals surface area contributed by atoms with Crippen molar-refractivity contribution in [1.29, 1.82) is 0 Å². The van der Waals surface area contributed by atoms with Gasteiger partial charge in [-0.15, -0.1) is 0 Å². The van der Waals surface area contributed by atoms with Crippen molar-refractivity contribution in [2.45, 2.75) is 26.4 Å². The molecule has 0 radical (unpaired) electrons. The number of likely N-dealkylation sites (N-methyl/N-ethyl adjacent to an activating group) is 1. The molecule has 0 aliphatic carbocycles. The molecule has 2 amide bonds. The number of rotatable bonds is 8. The van der Waals surface area contributed by atoms with E-state index in [2.05, 4.69) is 5.32 Å². The summed E-state index contributed by atoms with van der Waals surface area (Å²) in [6, 6.07) is 13.3.